The molecule has 39 heavy (non-hydrogen) atoms. The number of carbonyl (C=O) groups excluding carboxylic acids is 2. The maximum Gasteiger partial charge on any atom is 0.335 e. The highest BCUT2D eigenvalue weighted by Gasteiger charge is 2.34. The number of aliphatic carboxylic acids is 2. The highest BCUT2D eigenvalue weighted by Crippen LogP contribution is 2.31. The van der Waals surface area contributed by atoms with Gasteiger partial charge >= 0.3 is 11.9 Å². The lowest BCUT2D eigenvalue weighted by atomic mass is 9.83. The predicted molar refractivity (Wildman–Crippen MR) is 144 cm³/mol. The number of aromatic nitrogens is 1. The summed E-state index contributed by atoms with van der Waals surface area (Å²) in [6.07, 6.45) is 4.43. The molecule has 1 aliphatic carbocycles. The van der Waals surface area contributed by atoms with Gasteiger partial charge in [0, 0.05) is 23.6 Å². The van der Waals surface area contributed by atoms with Crippen molar-refractivity contribution in [1.29, 1.82) is 0 Å². The normalized spacial score (nSPS) is 14.6. The van der Waals surface area contributed by atoms with Gasteiger partial charge in [0.25, 0.3) is 0 Å². The third-order valence-corrected chi connectivity index (χ3v) is 6.34. The first-order chi connectivity index (χ1) is 18.7. The Kier molecular flexibility index (Phi) is 9.55. The number of para-hydroxylation sites is 1. The number of hydrogen-bond acceptors (Lipinski definition) is 7. The molecule has 202 valence electrons. The van der Waals surface area contributed by atoms with Gasteiger partial charge in [-0.25, -0.2) is 15.4 Å². The zero-order chi connectivity index (χ0) is 28.5. The van der Waals surface area contributed by atoms with Crippen molar-refractivity contribution < 1.29 is 29.4 Å². The van der Waals surface area contributed by atoms with Gasteiger partial charge in [-0.2, -0.15) is 0 Å². The third kappa shape index (κ3) is 6.68. The summed E-state index contributed by atoms with van der Waals surface area (Å²) in [5.41, 5.74) is 7.33. The summed E-state index contributed by atoms with van der Waals surface area (Å²) in [7, 11) is 0. The first-order valence-electron chi connectivity index (χ1n) is 11.9. The Morgan fingerprint density at radius 1 is 1.03 bits per heavy atom. The molecule has 1 unspecified atom stereocenters. The SMILES string of the molecule is CC1=C(C(=O)O)C=C(NN)C(=C=O)C1C(=O)O.NNC(=O)Cc1cn(CCc2ccccc2)c2ccccc12. The fourth-order valence-corrected chi connectivity index (χ4v) is 4.40. The number of rotatable bonds is 8. The number of carboxylic acid groups (broad SMARTS) is 2. The number of carbonyl (C=O) groups is 3. The number of amides is 1. The Morgan fingerprint density at radius 3 is 2.28 bits per heavy atom. The summed E-state index contributed by atoms with van der Waals surface area (Å²) in [6.45, 7) is 2.22. The monoisotopic (exact) mass is 531 g/mol. The lowest BCUT2D eigenvalue weighted by molar-refractivity contribution is -0.139. The molecule has 11 heteroatoms. The fraction of sp³-hybridized carbons (Fsp3) is 0.179. The van der Waals surface area contributed by atoms with Gasteiger partial charge in [-0.3, -0.25) is 20.9 Å². The van der Waals surface area contributed by atoms with Crippen LogP contribution < -0.4 is 22.5 Å². The quantitative estimate of drug-likeness (QED) is 0.109. The summed E-state index contributed by atoms with van der Waals surface area (Å²) in [5, 5.41) is 19.0. The second-order valence-electron chi connectivity index (χ2n) is 8.74. The van der Waals surface area contributed by atoms with Gasteiger partial charge in [-0.05, 0) is 42.2 Å². The number of carboxylic acids is 2. The lowest BCUT2D eigenvalue weighted by Gasteiger charge is -2.22. The zero-order valence-electron chi connectivity index (χ0n) is 21.2. The molecule has 1 atom stereocenters. The molecule has 3 aromatic rings. The first-order valence-corrected chi connectivity index (χ1v) is 11.9. The van der Waals surface area contributed by atoms with Crippen LogP contribution >= 0.6 is 0 Å². The highest BCUT2D eigenvalue weighted by atomic mass is 16.4. The summed E-state index contributed by atoms with van der Waals surface area (Å²) in [4.78, 5) is 44.3. The van der Waals surface area contributed by atoms with E-state index in [4.69, 9.17) is 21.9 Å². The molecule has 8 N–H and O–H groups in total. The number of benzene rings is 2. The molecule has 11 nitrogen and oxygen atoms in total. The van der Waals surface area contributed by atoms with E-state index in [-0.39, 0.29) is 28.3 Å². The molecule has 1 aliphatic rings. The van der Waals surface area contributed by atoms with Gasteiger partial charge in [0.2, 0.25) is 5.91 Å². The van der Waals surface area contributed by atoms with E-state index < -0.39 is 17.9 Å². The van der Waals surface area contributed by atoms with Crippen LogP contribution in [0, 0.1) is 5.92 Å². The minimum absolute atomic E-state index is 0.0577. The van der Waals surface area contributed by atoms with E-state index >= 15 is 0 Å². The van der Waals surface area contributed by atoms with Crippen LogP contribution in [0.2, 0.25) is 0 Å². The number of nitrogens with two attached hydrogens (primary N) is 2. The number of fused-ring (bicyclic) bond motifs is 1. The molecule has 0 radical (unpaired) electrons. The van der Waals surface area contributed by atoms with Crippen molar-refractivity contribution in [2.75, 3.05) is 0 Å². The van der Waals surface area contributed by atoms with Crippen molar-refractivity contribution >= 4 is 34.7 Å². The Hall–Kier alpha value is -4.96. The molecule has 1 heterocycles. The maximum absolute atomic E-state index is 11.6. The fourth-order valence-electron chi connectivity index (χ4n) is 4.40. The van der Waals surface area contributed by atoms with E-state index in [1.807, 2.05) is 24.3 Å². The van der Waals surface area contributed by atoms with Gasteiger partial charge in [0.1, 0.15) is 11.9 Å². The second-order valence-corrected chi connectivity index (χ2v) is 8.74. The van der Waals surface area contributed by atoms with Crippen LogP contribution in [0.25, 0.3) is 10.9 Å². The summed E-state index contributed by atoms with van der Waals surface area (Å²) < 4.78 is 2.21. The minimum atomic E-state index is -1.35. The van der Waals surface area contributed by atoms with Gasteiger partial charge in [0.15, 0.2) is 0 Å². The van der Waals surface area contributed by atoms with Crippen molar-refractivity contribution in [3.63, 3.8) is 0 Å². The van der Waals surface area contributed by atoms with Crippen molar-refractivity contribution in [2.45, 2.75) is 26.3 Å². The number of allylic oxidation sites excluding steroid dienone is 1. The van der Waals surface area contributed by atoms with Crippen molar-refractivity contribution in [3.05, 3.63) is 100 Å². The van der Waals surface area contributed by atoms with Crippen molar-refractivity contribution in [2.24, 2.45) is 17.6 Å². The van der Waals surface area contributed by atoms with Gasteiger partial charge in [0.05, 0.1) is 23.3 Å². The van der Waals surface area contributed by atoms with E-state index in [2.05, 4.69) is 51.9 Å². The molecule has 0 spiro atoms. The lowest BCUT2D eigenvalue weighted by Crippen LogP contribution is -2.32. The topological polar surface area (TPSA) is 190 Å². The Labute approximate surface area is 224 Å². The molecule has 1 aromatic heterocycles. The largest absolute Gasteiger partial charge is 0.481 e. The highest BCUT2D eigenvalue weighted by molar-refractivity contribution is 5.96. The molecule has 0 saturated carbocycles. The van der Waals surface area contributed by atoms with Crippen LogP contribution in [0.5, 0.6) is 0 Å². The molecule has 0 fully saturated rings. The molecular weight excluding hydrogens is 502 g/mol. The Balaban J connectivity index is 0.000000224. The molecule has 0 saturated heterocycles. The maximum atomic E-state index is 11.6. The molecule has 0 bridgehead atoms. The van der Waals surface area contributed by atoms with Crippen LogP contribution in [0.15, 0.2) is 89.3 Å². The van der Waals surface area contributed by atoms with Crippen LogP contribution in [0.4, 0.5) is 0 Å². The number of hydrazine groups is 2. The standard InChI is InChI=1S/C18H19N3O.C10H10N2O5/c19-20-18(22)12-15-13-21(17-9-5-4-8-16(15)17)11-10-14-6-2-1-3-7-14;1-4-5(9(14)15)2-7(12-11)6(3-13)8(4)10(16)17/h1-9,13H,10-12,19H2,(H,20,22);2,8,12H,11H2,1H3,(H,14,15)(H,16,17). The minimum Gasteiger partial charge on any atom is -0.481 e. The van der Waals surface area contributed by atoms with E-state index in [9.17, 15) is 19.2 Å². The average Bonchev–Trinajstić information content (AvgIpc) is 3.29. The second kappa shape index (κ2) is 13.0. The van der Waals surface area contributed by atoms with Crippen LogP contribution in [-0.2, 0) is 38.6 Å². The molecule has 0 aliphatic heterocycles. The number of aryl methyl sites for hydroxylation is 2. The van der Waals surface area contributed by atoms with E-state index in [0.29, 0.717) is 6.42 Å². The first kappa shape index (κ1) is 28.6. The van der Waals surface area contributed by atoms with Crippen molar-refractivity contribution in [1.82, 2.24) is 15.4 Å². The smallest absolute Gasteiger partial charge is 0.335 e. The van der Waals surface area contributed by atoms with Gasteiger partial charge < -0.3 is 20.2 Å². The number of nitrogens with zero attached hydrogens (tertiary/aromatic N) is 1. The number of nitrogens with one attached hydrogen (secondary N) is 2. The summed E-state index contributed by atoms with van der Waals surface area (Å²) >= 11 is 0. The van der Waals surface area contributed by atoms with E-state index in [0.717, 1.165) is 35.5 Å². The number of hydrogen-bond donors (Lipinski definition) is 6. The average molecular weight is 532 g/mol. The summed E-state index contributed by atoms with van der Waals surface area (Å²) in [6, 6.07) is 18.6. The van der Waals surface area contributed by atoms with Crippen LogP contribution in [-0.4, -0.2) is 38.6 Å². The van der Waals surface area contributed by atoms with E-state index in [1.54, 1.807) is 0 Å². The summed E-state index contributed by atoms with van der Waals surface area (Å²) in [5.74, 6) is 7.64. The molecular formula is C28H29N5O6. The third-order valence-electron chi connectivity index (χ3n) is 6.34. The van der Waals surface area contributed by atoms with Crippen molar-refractivity contribution in [3.8, 4) is 0 Å². The van der Waals surface area contributed by atoms with Gasteiger partial charge in [-0.1, -0.05) is 48.5 Å². The van der Waals surface area contributed by atoms with Crippen LogP contribution in [0.3, 0.4) is 0 Å². The Morgan fingerprint density at radius 2 is 1.69 bits per heavy atom. The molecule has 2 aromatic carbocycles. The molecule has 1 amide bonds. The zero-order valence-corrected chi connectivity index (χ0v) is 21.2. The molecule has 4 rings (SSSR count). The van der Waals surface area contributed by atoms with Crippen LogP contribution in [0.1, 0.15) is 18.1 Å². The Bertz CT molecular complexity index is 1500. The predicted octanol–water partition coefficient (Wildman–Crippen LogP) is 1.62. The van der Waals surface area contributed by atoms with E-state index in [1.165, 1.54) is 18.4 Å². The van der Waals surface area contributed by atoms with Gasteiger partial charge in [-0.15, -0.1) is 0 Å².